The van der Waals surface area contributed by atoms with Gasteiger partial charge in [0.15, 0.2) is 0 Å². The molecular weight excluding hydrogens is 286 g/mol. The molecule has 0 spiro atoms. The summed E-state index contributed by atoms with van der Waals surface area (Å²) in [6.07, 6.45) is 3.14. The quantitative estimate of drug-likeness (QED) is 0.856. The van der Waals surface area contributed by atoms with Crippen LogP contribution in [-0.2, 0) is 6.54 Å². The van der Waals surface area contributed by atoms with E-state index in [0.717, 1.165) is 19.3 Å². The molecule has 0 saturated heterocycles. The highest BCUT2D eigenvalue weighted by Gasteiger charge is 2.23. The van der Waals surface area contributed by atoms with Gasteiger partial charge in [-0.2, -0.15) is 0 Å². The Morgan fingerprint density at radius 2 is 1.90 bits per heavy atom. The summed E-state index contributed by atoms with van der Waals surface area (Å²) in [5, 5.41) is 4.69. The molecule has 2 N–H and O–H groups in total. The van der Waals surface area contributed by atoms with E-state index in [4.69, 9.17) is 11.6 Å². The summed E-state index contributed by atoms with van der Waals surface area (Å²) in [5.41, 5.74) is 0.615. The van der Waals surface area contributed by atoms with Crippen LogP contribution in [0.2, 0.25) is 5.02 Å². The molecule has 0 aliphatic heterocycles. The number of hydrogen-bond donors (Lipinski definition) is 2. The van der Waals surface area contributed by atoms with Gasteiger partial charge in [-0.3, -0.25) is 4.79 Å². The van der Waals surface area contributed by atoms with Crippen LogP contribution in [0, 0.1) is 0 Å². The molecule has 0 radical (unpaired) electrons. The first kappa shape index (κ1) is 16.0. The van der Waals surface area contributed by atoms with Crippen molar-refractivity contribution in [2.75, 3.05) is 0 Å². The van der Waals surface area contributed by atoms with Crippen molar-refractivity contribution in [3.05, 3.63) is 39.4 Å². The highest BCUT2D eigenvalue weighted by atomic mass is 35.5. The van der Waals surface area contributed by atoms with Crippen molar-refractivity contribution >= 4 is 22.5 Å². The number of halogens is 1. The molecule has 1 aromatic heterocycles. The lowest BCUT2D eigenvalue weighted by molar-refractivity contribution is 0.285. The zero-order chi connectivity index (χ0) is 15.5. The van der Waals surface area contributed by atoms with Crippen LogP contribution in [0.4, 0.5) is 0 Å². The van der Waals surface area contributed by atoms with Crippen LogP contribution >= 0.6 is 11.6 Å². The maximum atomic E-state index is 12.1. The van der Waals surface area contributed by atoms with Crippen molar-refractivity contribution in [1.29, 1.82) is 0 Å². The number of aromatic amines is 1. The predicted molar refractivity (Wildman–Crippen MR) is 87.8 cm³/mol. The number of rotatable bonds is 6. The molecule has 0 atom stereocenters. The molecule has 0 amide bonds. The Kier molecular flexibility index (Phi) is 5.01. The minimum Gasteiger partial charge on any atom is -0.309 e. The van der Waals surface area contributed by atoms with E-state index >= 15 is 0 Å². The summed E-state index contributed by atoms with van der Waals surface area (Å²) >= 11 is 5.97. The van der Waals surface area contributed by atoms with Crippen LogP contribution in [0.3, 0.4) is 0 Å². The second-order valence-electron chi connectivity index (χ2n) is 5.37. The lowest BCUT2D eigenvalue weighted by atomic mass is 9.90. The fraction of sp³-hybridized carbons (Fsp3) is 0.500. The van der Waals surface area contributed by atoms with Gasteiger partial charge in [-0.1, -0.05) is 32.4 Å². The molecular formula is C16H22ClN3O. The van der Waals surface area contributed by atoms with E-state index < -0.39 is 0 Å². The van der Waals surface area contributed by atoms with Gasteiger partial charge in [0.1, 0.15) is 5.82 Å². The Morgan fingerprint density at radius 3 is 2.52 bits per heavy atom. The number of fused-ring (bicyclic) bond motifs is 1. The topological polar surface area (TPSA) is 57.8 Å². The first-order valence-electron chi connectivity index (χ1n) is 7.47. The largest absolute Gasteiger partial charge is 0.309 e. The van der Waals surface area contributed by atoms with Crippen LogP contribution in [0.15, 0.2) is 23.0 Å². The molecule has 0 aliphatic rings. The van der Waals surface area contributed by atoms with Crippen molar-refractivity contribution < 1.29 is 0 Å². The van der Waals surface area contributed by atoms with E-state index in [1.165, 1.54) is 0 Å². The molecule has 0 bridgehead atoms. The van der Waals surface area contributed by atoms with Gasteiger partial charge in [0, 0.05) is 10.6 Å². The predicted octanol–water partition coefficient (Wildman–Crippen LogP) is 3.63. The maximum Gasteiger partial charge on any atom is 0.258 e. The Labute approximate surface area is 129 Å². The molecule has 21 heavy (non-hydrogen) atoms. The van der Waals surface area contributed by atoms with E-state index in [-0.39, 0.29) is 11.1 Å². The minimum absolute atomic E-state index is 0.0991. The molecule has 4 nitrogen and oxygen atoms in total. The molecule has 5 heteroatoms. The van der Waals surface area contributed by atoms with Gasteiger partial charge in [-0.05, 0) is 37.5 Å². The number of nitrogens with one attached hydrogen (secondary N) is 2. The second-order valence-corrected chi connectivity index (χ2v) is 5.81. The summed E-state index contributed by atoms with van der Waals surface area (Å²) in [4.78, 5) is 19.4. The molecule has 1 heterocycles. The number of aromatic nitrogens is 2. The zero-order valence-corrected chi connectivity index (χ0v) is 13.5. The minimum atomic E-state index is -0.122. The van der Waals surface area contributed by atoms with Crippen LogP contribution in [-0.4, -0.2) is 15.5 Å². The van der Waals surface area contributed by atoms with E-state index in [1.54, 1.807) is 18.2 Å². The van der Waals surface area contributed by atoms with Gasteiger partial charge in [-0.25, -0.2) is 4.98 Å². The van der Waals surface area contributed by atoms with Crippen molar-refractivity contribution in [3.63, 3.8) is 0 Å². The number of nitrogens with zero attached hydrogens (tertiary/aromatic N) is 1. The molecule has 114 valence electrons. The third kappa shape index (κ3) is 3.44. The van der Waals surface area contributed by atoms with Crippen LogP contribution in [0.25, 0.3) is 10.9 Å². The fourth-order valence-corrected chi connectivity index (χ4v) is 2.81. The van der Waals surface area contributed by atoms with Crippen LogP contribution < -0.4 is 10.9 Å². The van der Waals surface area contributed by atoms with Gasteiger partial charge in [-0.15, -0.1) is 0 Å². The highest BCUT2D eigenvalue weighted by Crippen LogP contribution is 2.20. The van der Waals surface area contributed by atoms with Gasteiger partial charge >= 0.3 is 0 Å². The molecule has 2 rings (SSSR count). The summed E-state index contributed by atoms with van der Waals surface area (Å²) in [7, 11) is 0. The average molecular weight is 308 g/mol. The summed E-state index contributed by atoms with van der Waals surface area (Å²) in [6.45, 7) is 7.08. The molecule has 0 saturated carbocycles. The van der Waals surface area contributed by atoms with Gasteiger partial charge in [0.2, 0.25) is 0 Å². The summed E-state index contributed by atoms with van der Waals surface area (Å²) in [6, 6.07) is 5.13. The first-order valence-corrected chi connectivity index (χ1v) is 7.85. The Morgan fingerprint density at radius 1 is 1.24 bits per heavy atom. The molecule has 0 fully saturated rings. The van der Waals surface area contributed by atoms with E-state index in [0.29, 0.717) is 28.3 Å². The van der Waals surface area contributed by atoms with Crippen molar-refractivity contribution in [2.24, 2.45) is 0 Å². The lowest BCUT2D eigenvalue weighted by Gasteiger charge is -2.31. The smallest absolute Gasteiger partial charge is 0.258 e. The zero-order valence-electron chi connectivity index (χ0n) is 12.8. The molecule has 1 aromatic carbocycles. The van der Waals surface area contributed by atoms with Crippen molar-refractivity contribution in [1.82, 2.24) is 15.3 Å². The van der Waals surface area contributed by atoms with Crippen LogP contribution in [0.5, 0.6) is 0 Å². The lowest BCUT2D eigenvalue weighted by Crippen LogP contribution is -2.43. The third-order valence-electron chi connectivity index (χ3n) is 4.38. The third-order valence-corrected chi connectivity index (χ3v) is 4.61. The highest BCUT2D eigenvalue weighted by molar-refractivity contribution is 6.31. The van der Waals surface area contributed by atoms with Crippen molar-refractivity contribution in [2.45, 2.75) is 52.1 Å². The Hall–Kier alpha value is -1.39. The monoisotopic (exact) mass is 307 g/mol. The second kappa shape index (κ2) is 6.58. The van der Waals surface area contributed by atoms with E-state index in [2.05, 4.69) is 36.1 Å². The van der Waals surface area contributed by atoms with Crippen LogP contribution in [0.1, 0.15) is 45.9 Å². The molecule has 2 aromatic rings. The summed E-state index contributed by atoms with van der Waals surface area (Å²) < 4.78 is 0. The fourth-order valence-electron chi connectivity index (χ4n) is 2.64. The van der Waals surface area contributed by atoms with Gasteiger partial charge in [0.05, 0.1) is 17.4 Å². The average Bonchev–Trinajstić information content (AvgIpc) is 2.49. The van der Waals surface area contributed by atoms with Gasteiger partial charge in [0.25, 0.3) is 5.56 Å². The van der Waals surface area contributed by atoms with Gasteiger partial charge < -0.3 is 10.3 Å². The number of H-pyrrole nitrogens is 1. The van der Waals surface area contributed by atoms with Crippen molar-refractivity contribution in [3.8, 4) is 0 Å². The standard InChI is InChI=1S/C16H22ClN3O/c1-4-16(5-2,6-3)18-10-14-19-13-9-11(17)7-8-12(13)15(21)20-14/h7-9,18H,4-6,10H2,1-3H3,(H,19,20,21). The normalized spacial score (nSPS) is 12.0. The molecule has 0 aliphatic carbocycles. The SMILES string of the molecule is CCC(CC)(CC)NCc1nc2cc(Cl)ccc2c(=O)[nH]1. The number of benzene rings is 1. The summed E-state index contributed by atoms with van der Waals surface area (Å²) in [5.74, 6) is 0.648. The Bertz CT molecular complexity index is 669. The molecule has 0 unspecified atom stereocenters. The van der Waals surface area contributed by atoms with E-state index in [9.17, 15) is 4.79 Å². The van der Waals surface area contributed by atoms with E-state index in [1.807, 2.05) is 0 Å². The maximum absolute atomic E-state index is 12.1. The Balaban J connectivity index is 2.29. The first-order chi connectivity index (χ1) is 10.0. The number of hydrogen-bond acceptors (Lipinski definition) is 3.